The maximum atomic E-state index is 11.7. The van der Waals surface area contributed by atoms with Crippen LogP contribution in [0.15, 0.2) is 18.2 Å². The Morgan fingerprint density at radius 2 is 2.17 bits per heavy atom. The standard InChI is InChI=1S/C11H10N2O5/c1-17-11(16)10(15)13-7-4-6(12)2-3-8(7)18-5-9(13)14/h2-4H,5,12H2,1H3. The largest absolute Gasteiger partial charge is 0.482 e. The van der Waals surface area contributed by atoms with Crippen LogP contribution < -0.4 is 15.4 Å². The van der Waals surface area contributed by atoms with Gasteiger partial charge in [-0.2, -0.15) is 0 Å². The Morgan fingerprint density at radius 1 is 1.44 bits per heavy atom. The average Bonchev–Trinajstić information content (AvgIpc) is 2.36. The predicted octanol–water partition coefficient (Wildman–Crippen LogP) is -0.306. The first-order valence-corrected chi connectivity index (χ1v) is 5.02. The molecule has 0 saturated carbocycles. The molecule has 0 spiro atoms. The number of imide groups is 1. The molecule has 94 valence electrons. The maximum Gasteiger partial charge on any atom is 0.397 e. The van der Waals surface area contributed by atoms with E-state index in [1.54, 1.807) is 6.07 Å². The van der Waals surface area contributed by atoms with Gasteiger partial charge in [0.2, 0.25) is 0 Å². The van der Waals surface area contributed by atoms with Crippen molar-refractivity contribution < 1.29 is 23.9 Å². The lowest BCUT2D eigenvalue weighted by atomic mass is 10.2. The van der Waals surface area contributed by atoms with Crippen molar-refractivity contribution in [2.45, 2.75) is 0 Å². The highest BCUT2D eigenvalue weighted by Crippen LogP contribution is 2.33. The lowest BCUT2D eigenvalue weighted by Gasteiger charge is -2.26. The zero-order valence-corrected chi connectivity index (χ0v) is 9.50. The average molecular weight is 250 g/mol. The van der Waals surface area contributed by atoms with Gasteiger partial charge in [-0.15, -0.1) is 0 Å². The molecule has 1 aromatic carbocycles. The highest BCUT2D eigenvalue weighted by molar-refractivity contribution is 6.44. The summed E-state index contributed by atoms with van der Waals surface area (Å²) in [6.45, 7) is -0.320. The minimum Gasteiger partial charge on any atom is -0.482 e. The first kappa shape index (κ1) is 11.9. The molecule has 1 aromatic rings. The van der Waals surface area contributed by atoms with Crippen molar-refractivity contribution in [1.82, 2.24) is 0 Å². The van der Waals surface area contributed by atoms with Crippen molar-refractivity contribution >= 4 is 29.2 Å². The number of amides is 2. The van der Waals surface area contributed by atoms with Gasteiger partial charge in [0.1, 0.15) is 5.75 Å². The van der Waals surface area contributed by atoms with Crippen LogP contribution in [0.4, 0.5) is 11.4 Å². The number of carbonyl (C=O) groups excluding carboxylic acids is 3. The van der Waals surface area contributed by atoms with E-state index in [1.165, 1.54) is 12.1 Å². The Labute approximate surface area is 102 Å². The molecule has 7 heteroatoms. The van der Waals surface area contributed by atoms with E-state index in [1.807, 2.05) is 0 Å². The summed E-state index contributed by atoms with van der Waals surface area (Å²) in [6.07, 6.45) is 0. The molecule has 1 aliphatic rings. The van der Waals surface area contributed by atoms with E-state index in [0.29, 0.717) is 16.3 Å². The van der Waals surface area contributed by atoms with Crippen LogP contribution in [0.2, 0.25) is 0 Å². The van der Waals surface area contributed by atoms with Gasteiger partial charge >= 0.3 is 11.9 Å². The third kappa shape index (κ3) is 1.86. The van der Waals surface area contributed by atoms with E-state index >= 15 is 0 Å². The molecule has 0 unspecified atom stereocenters. The number of anilines is 2. The highest BCUT2D eigenvalue weighted by Gasteiger charge is 2.35. The van der Waals surface area contributed by atoms with E-state index < -0.39 is 17.8 Å². The first-order chi connectivity index (χ1) is 8.54. The summed E-state index contributed by atoms with van der Waals surface area (Å²) < 4.78 is 9.44. The van der Waals surface area contributed by atoms with Gasteiger partial charge in [0.15, 0.2) is 6.61 Å². The van der Waals surface area contributed by atoms with E-state index in [-0.39, 0.29) is 12.3 Å². The van der Waals surface area contributed by atoms with Crippen molar-refractivity contribution in [3.8, 4) is 5.75 Å². The third-order valence-electron chi connectivity index (χ3n) is 2.39. The summed E-state index contributed by atoms with van der Waals surface area (Å²) in [5, 5.41) is 0. The molecule has 1 aliphatic heterocycles. The normalized spacial score (nSPS) is 13.6. The highest BCUT2D eigenvalue weighted by atomic mass is 16.5. The van der Waals surface area contributed by atoms with E-state index in [4.69, 9.17) is 10.5 Å². The van der Waals surface area contributed by atoms with Crippen LogP contribution in [0.3, 0.4) is 0 Å². The number of fused-ring (bicyclic) bond motifs is 1. The number of hydrogen-bond acceptors (Lipinski definition) is 6. The van der Waals surface area contributed by atoms with Gasteiger partial charge in [0.25, 0.3) is 5.91 Å². The third-order valence-corrected chi connectivity index (χ3v) is 2.39. The van der Waals surface area contributed by atoms with Crippen molar-refractivity contribution in [2.24, 2.45) is 0 Å². The Balaban J connectivity index is 2.48. The fourth-order valence-corrected chi connectivity index (χ4v) is 1.57. The van der Waals surface area contributed by atoms with E-state index in [0.717, 1.165) is 7.11 Å². The summed E-state index contributed by atoms with van der Waals surface area (Å²) in [4.78, 5) is 35.3. The smallest absolute Gasteiger partial charge is 0.397 e. The number of carbonyl (C=O) groups is 3. The van der Waals surface area contributed by atoms with Gasteiger partial charge in [-0.05, 0) is 18.2 Å². The Kier molecular flexibility index (Phi) is 2.88. The minimum absolute atomic E-state index is 0.140. The maximum absolute atomic E-state index is 11.7. The second-order valence-corrected chi connectivity index (χ2v) is 3.54. The molecule has 0 bridgehead atoms. The molecule has 2 N–H and O–H groups in total. The van der Waals surface area contributed by atoms with Crippen molar-refractivity contribution in [2.75, 3.05) is 24.4 Å². The van der Waals surface area contributed by atoms with Crippen LogP contribution in [0, 0.1) is 0 Å². The number of esters is 1. The molecular formula is C11H10N2O5. The Bertz CT molecular complexity index is 540. The summed E-state index contributed by atoms with van der Waals surface area (Å²) >= 11 is 0. The number of methoxy groups -OCH3 is 1. The second-order valence-electron chi connectivity index (χ2n) is 3.54. The number of nitrogens with two attached hydrogens (primary N) is 1. The zero-order chi connectivity index (χ0) is 13.3. The quantitative estimate of drug-likeness (QED) is 0.385. The lowest BCUT2D eigenvalue weighted by Crippen LogP contribution is -2.46. The number of ether oxygens (including phenoxy) is 2. The van der Waals surface area contributed by atoms with Gasteiger partial charge in [-0.3, -0.25) is 9.59 Å². The predicted molar refractivity (Wildman–Crippen MR) is 60.9 cm³/mol. The second kappa shape index (κ2) is 4.36. The van der Waals surface area contributed by atoms with Crippen LogP contribution in [0.5, 0.6) is 5.75 Å². The molecule has 0 atom stereocenters. The molecular weight excluding hydrogens is 240 g/mol. The molecule has 7 nitrogen and oxygen atoms in total. The topological polar surface area (TPSA) is 98.9 Å². The molecule has 0 aromatic heterocycles. The summed E-state index contributed by atoms with van der Waals surface area (Å²) in [6, 6.07) is 4.47. The molecule has 2 rings (SSSR count). The molecule has 0 aliphatic carbocycles. The van der Waals surface area contributed by atoms with Gasteiger partial charge in [-0.25, -0.2) is 9.69 Å². The molecule has 0 radical (unpaired) electrons. The van der Waals surface area contributed by atoms with Crippen LogP contribution >= 0.6 is 0 Å². The van der Waals surface area contributed by atoms with Crippen LogP contribution in [-0.2, 0) is 19.1 Å². The van der Waals surface area contributed by atoms with Crippen LogP contribution in [-0.4, -0.2) is 31.5 Å². The SMILES string of the molecule is COC(=O)C(=O)N1C(=O)COc2ccc(N)cc21. The van der Waals surface area contributed by atoms with Crippen molar-refractivity contribution in [3.05, 3.63) is 18.2 Å². The molecule has 1 heterocycles. The molecule has 18 heavy (non-hydrogen) atoms. The first-order valence-electron chi connectivity index (χ1n) is 5.02. The summed E-state index contributed by atoms with van der Waals surface area (Å²) in [5.41, 5.74) is 6.06. The minimum atomic E-state index is -1.13. The summed E-state index contributed by atoms with van der Waals surface area (Å²) in [5.74, 6) is -2.54. The van der Waals surface area contributed by atoms with Gasteiger partial charge in [-0.1, -0.05) is 0 Å². The molecule has 0 saturated heterocycles. The Hall–Kier alpha value is -2.57. The van der Waals surface area contributed by atoms with Gasteiger partial charge < -0.3 is 15.2 Å². The zero-order valence-electron chi connectivity index (χ0n) is 9.50. The van der Waals surface area contributed by atoms with Crippen molar-refractivity contribution in [1.29, 1.82) is 0 Å². The van der Waals surface area contributed by atoms with Gasteiger partial charge in [0, 0.05) is 5.69 Å². The van der Waals surface area contributed by atoms with Gasteiger partial charge in [0.05, 0.1) is 12.8 Å². The number of benzene rings is 1. The van der Waals surface area contributed by atoms with Crippen LogP contribution in [0.1, 0.15) is 0 Å². The Morgan fingerprint density at radius 3 is 2.83 bits per heavy atom. The van der Waals surface area contributed by atoms with E-state index in [9.17, 15) is 14.4 Å². The number of nitrogen functional groups attached to an aromatic ring is 1. The van der Waals surface area contributed by atoms with Crippen LogP contribution in [0.25, 0.3) is 0 Å². The molecule has 0 fully saturated rings. The number of rotatable bonds is 0. The summed E-state index contributed by atoms with van der Waals surface area (Å²) in [7, 11) is 1.06. The lowest BCUT2D eigenvalue weighted by molar-refractivity contribution is -0.152. The monoisotopic (exact) mass is 250 g/mol. The molecule has 2 amide bonds. The number of nitrogens with zero attached hydrogens (tertiary/aromatic N) is 1. The fourth-order valence-electron chi connectivity index (χ4n) is 1.57. The fraction of sp³-hybridized carbons (Fsp3) is 0.182. The van der Waals surface area contributed by atoms with E-state index in [2.05, 4.69) is 4.74 Å². The van der Waals surface area contributed by atoms with Crippen molar-refractivity contribution in [3.63, 3.8) is 0 Å². The number of hydrogen-bond donors (Lipinski definition) is 1.